The van der Waals surface area contributed by atoms with Crippen molar-refractivity contribution in [3.8, 4) is 0 Å². The van der Waals surface area contributed by atoms with Crippen LogP contribution in [0.1, 0.15) is 5.56 Å². The molecule has 0 aliphatic carbocycles. The van der Waals surface area contributed by atoms with E-state index in [0.29, 0.717) is 16.3 Å². The van der Waals surface area contributed by atoms with E-state index in [4.69, 9.17) is 22.2 Å². The number of nitrogens with one attached hydrogen (secondary N) is 1. The summed E-state index contributed by atoms with van der Waals surface area (Å²) in [7, 11) is 0. The van der Waals surface area contributed by atoms with Crippen molar-refractivity contribution in [1.29, 1.82) is 0 Å². The lowest BCUT2D eigenvalue weighted by Crippen LogP contribution is -2.19. The highest BCUT2D eigenvalue weighted by Gasteiger charge is 2.03. The highest BCUT2D eigenvalue weighted by atomic mass is 35.5. The topological polar surface area (TPSA) is 76.7 Å². The van der Waals surface area contributed by atoms with Gasteiger partial charge in [0.2, 0.25) is 0 Å². The number of nitrogens with zero attached hydrogens (tertiary/aromatic N) is 1. The first kappa shape index (κ1) is 14.9. The zero-order valence-electron chi connectivity index (χ0n) is 11.1. The second kappa shape index (κ2) is 7.31. The van der Waals surface area contributed by atoms with Gasteiger partial charge in [-0.15, -0.1) is 0 Å². The molecule has 1 amide bonds. The normalized spacial score (nSPS) is 11.0. The van der Waals surface area contributed by atoms with Crippen LogP contribution in [0.3, 0.4) is 0 Å². The largest absolute Gasteiger partial charge is 0.384 e. The van der Waals surface area contributed by atoms with Gasteiger partial charge in [0.15, 0.2) is 12.4 Å². The average Bonchev–Trinajstić information content (AvgIpc) is 2.48. The lowest BCUT2D eigenvalue weighted by Gasteiger charge is -2.05. The smallest absolute Gasteiger partial charge is 0.265 e. The zero-order chi connectivity index (χ0) is 15.1. The molecule has 2 rings (SSSR count). The molecule has 5 nitrogen and oxygen atoms in total. The number of hydrogen-bond donors (Lipinski definition) is 2. The molecule has 0 atom stereocenters. The van der Waals surface area contributed by atoms with Crippen molar-refractivity contribution in [2.75, 3.05) is 11.9 Å². The van der Waals surface area contributed by atoms with Gasteiger partial charge < -0.3 is 15.9 Å². The van der Waals surface area contributed by atoms with Gasteiger partial charge in [0.25, 0.3) is 5.91 Å². The molecule has 0 spiro atoms. The number of hydrogen-bond acceptors (Lipinski definition) is 3. The van der Waals surface area contributed by atoms with Crippen molar-refractivity contribution in [3.05, 3.63) is 65.2 Å². The molecule has 0 radical (unpaired) electrons. The summed E-state index contributed by atoms with van der Waals surface area (Å²) < 4.78 is 0. The van der Waals surface area contributed by atoms with Crippen LogP contribution in [0.25, 0.3) is 0 Å². The van der Waals surface area contributed by atoms with Gasteiger partial charge in [-0.1, -0.05) is 47.1 Å². The van der Waals surface area contributed by atoms with Gasteiger partial charge in [0, 0.05) is 16.3 Å². The number of carbonyl (C=O) groups excluding carboxylic acids is 1. The van der Waals surface area contributed by atoms with E-state index in [2.05, 4.69) is 10.5 Å². The maximum Gasteiger partial charge on any atom is 0.265 e. The first-order valence-electron chi connectivity index (χ1n) is 6.21. The van der Waals surface area contributed by atoms with Crippen LogP contribution in [0.2, 0.25) is 5.02 Å². The van der Waals surface area contributed by atoms with Gasteiger partial charge in [-0.25, -0.2) is 0 Å². The fourth-order valence-corrected chi connectivity index (χ4v) is 1.77. The molecule has 108 valence electrons. The first-order valence-corrected chi connectivity index (χ1v) is 6.59. The van der Waals surface area contributed by atoms with E-state index >= 15 is 0 Å². The first-order chi connectivity index (χ1) is 10.1. The lowest BCUT2D eigenvalue weighted by atomic mass is 10.2. The fourth-order valence-electron chi connectivity index (χ4n) is 1.58. The number of amidine groups is 1. The second-order valence-corrected chi connectivity index (χ2v) is 4.61. The third-order valence-corrected chi connectivity index (χ3v) is 2.77. The molecule has 0 fully saturated rings. The van der Waals surface area contributed by atoms with E-state index in [1.54, 1.807) is 36.4 Å². The van der Waals surface area contributed by atoms with Gasteiger partial charge in [-0.05, 0) is 24.3 Å². The Morgan fingerprint density at radius 2 is 1.95 bits per heavy atom. The highest BCUT2D eigenvalue weighted by molar-refractivity contribution is 6.31. The summed E-state index contributed by atoms with van der Waals surface area (Å²) in [6.07, 6.45) is 0. The molecule has 6 heteroatoms. The van der Waals surface area contributed by atoms with Crippen molar-refractivity contribution in [3.63, 3.8) is 0 Å². The van der Waals surface area contributed by atoms with Crippen molar-refractivity contribution in [2.45, 2.75) is 0 Å². The van der Waals surface area contributed by atoms with Crippen LogP contribution < -0.4 is 11.1 Å². The Morgan fingerprint density at radius 3 is 2.67 bits per heavy atom. The van der Waals surface area contributed by atoms with E-state index in [-0.39, 0.29) is 18.3 Å². The molecule has 0 saturated heterocycles. The minimum absolute atomic E-state index is 0.157. The molecule has 21 heavy (non-hydrogen) atoms. The SMILES string of the molecule is N/C(=N/OCC(=O)Nc1ccccc1)c1cccc(Cl)c1. The molecule has 0 heterocycles. The van der Waals surface area contributed by atoms with Crippen LogP contribution >= 0.6 is 11.6 Å². The summed E-state index contributed by atoms with van der Waals surface area (Å²) >= 11 is 5.85. The predicted octanol–water partition coefficient (Wildman–Crippen LogP) is 2.62. The van der Waals surface area contributed by atoms with Crippen LogP contribution in [0.4, 0.5) is 5.69 Å². The molecule has 0 aliphatic heterocycles. The van der Waals surface area contributed by atoms with E-state index in [1.165, 1.54) is 0 Å². The molecule has 2 aromatic carbocycles. The Labute approximate surface area is 127 Å². The van der Waals surface area contributed by atoms with Gasteiger partial charge >= 0.3 is 0 Å². The number of carbonyl (C=O) groups is 1. The van der Waals surface area contributed by atoms with E-state index in [9.17, 15) is 4.79 Å². The maximum absolute atomic E-state index is 11.6. The molecule has 3 N–H and O–H groups in total. The molecular formula is C15H14ClN3O2. The summed E-state index contributed by atoms with van der Waals surface area (Å²) in [5.41, 5.74) is 7.06. The van der Waals surface area contributed by atoms with Gasteiger partial charge in [-0.3, -0.25) is 4.79 Å². The number of amides is 1. The van der Waals surface area contributed by atoms with Crippen molar-refractivity contribution >= 4 is 29.0 Å². The standard InChI is InChI=1S/C15H14ClN3O2/c16-12-6-4-5-11(9-12)15(17)19-21-10-14(20)18-13-7-2-1-3-8-13/h1-9H,10H2,(H2,17,19)(H,18,20). The number of benzene rings is 2. The molecular weight excluding hydrogens is 290 g/mol. The summed E-state index contributed by atoms with van der Waals surface area (Å²) in [5.74, 6) is -0.158. The minimum Gasteiger partial charge on any atom is -0.384 e. The van der Waals surface area contributed by atoms with Crippen molar-refractivity contribution in [2.24, 2.45) is 10.9 Å². The van der Waals surface area contributed by atoms with Crippen LogP contribution in [0.15, 0.2) is 59.8 Å². The van der Waals surface area contributed by atoms with Crippen molar-refractivity contribution < 1.29 is 9.63 Å². The van der Waals surface area contributed by atoms with Crippen LogP contribution in [-0.2, 0) is 9.63 Å². The number of anilines is 1. The lowest BCUT2D eigenvalue weighted by molar-refractivity contribution is -0.120. The molecule has 0 unspecified atom stereocenters. The Bertz CT molecular complexity index is 644. The van der Waals surface area contributed by atoms with Gasteiger partial charge in [0.05, 0.1) is 0 Å². The monoisotopic (exact) mass is 303 g/mol. The van der Waals surface area contributed by atoms with Gasteiger partial charge in [0.1, 0.15) is 0 Å². The third kappa shape index (κ3) is 4.81. The Morgan fingerprint density at radius 1 is 1.19 bits per heavy atom. The molecule has 0 bridgehead atoms. The number of para-hydroxylation sites is 1. The summed E-state index contributed by atoms with van der Waals surface area (Å²) in [6.45, 7) is -0.226. The number of rotatable bonds is 5. The Balaban J connectivity index is 1.85. The molecule has 0 saturated carbocycles. The van der Waals surface area contributed by atoms with Crippen LogP contribution in [0, 0.1) is 0 Å². The van der Waals surface area contributed by atoms with E-state index in [1.807, 2.05) is 18.2 Å². The van der Waals surface area contributed by atoms with Gasteiger partial charge in [-0.2, -0.15) is 0 Å². The van der Waals surface area contributed by atoms with E-state index < -0.39 is 0 Å². The number of nitrogens with two attached hydrogens (primary N) is 1. The Hall–Kier alpha value is -2.53. The van der Waals surface area contributed by atoms with Crippen LogP contribution in [0.5, 0.6) is 0 Å². The summed E-state index contributed by atoms with van der Waals surface area (Å²) in [4.78, 5) is 16.5. The number of halogens is 1. The minimum atomic E-state index is -0.316. The average molecular weight is 304 g/mol. The summed E-state index contributed by atoms with van der Waals surface area (Å²) in [6, 6.07) is 16.0. The second-order valence-electron chi connectivity index (χ2n) is 4.17. The third-order valence-electron chi connectivity index (χ3n) is 2.54. The molecule has 0 aromatic heterocycles. The van der Waals surface area contributed by atoms with E-state index in [0.717, 1.165) is 0 Å². The quantitative estimate of drug-likeness (QED) is 0.506. The fraction of sp³-hybridized carbons (Fsp3) is 0.0667. The zero-order valence-corrected chi connectivity index (χ0v) is 11.9. The predicted molar refractivity (Wildman–Crippen MR) is 83.2 cm³/mol. The van der Waals surface area contributed by atoms with Crippen LogP contribution in [-0.4, -0.2) is 18.3 Å². The highest BCUT2D eigenvalue weighted by Crippen LogP contribution is 2.10. The summed E-state index contributed by atoms with van der Waals surface area (Å²) in [5, 5.41) is 6.91. The Kier molecular flexibility index (Phi) is 5.17. The molecule has 0 aliphatic rings. The molecule has 2 aromatic rings. The number of oxime groups is 1. The maximum atomic E-state index is 11.6. The van der Waals surface area contributed by atoms with Crippen molar-refractivity contribution in [1.82, 2.24) is 0 Å².